The predicted molar refractivity (Wildman–Crippen MR) is 165 cm³/mol. The summed E-state index contributed by atoms with van der Waals surface area (Å²) in [6.45, 7) is 8.64. The van der Waals surface area contributed by atoms with E-state index in [-0.39, 0.29) is 40.9 Å². The van der Waals surface area contributed by atoms with Crippen LogP contribution < -0.4 is 14.2 Å². The smallest absolute Gasteiger partial charge is 0.343 e. The molecule has 2 aliphatic rings. The van der Waals surface area contributed by atoms with Crippen molar-refractivity contribution < 1.29 is 43.2 Å². The van der Waals surface area contributed by atoms with E-state index >= 15 is 0 Å². The molecule has 9 nitrogen and oxygen atoms in total. The van der Waals surface area contributed by atoms with Gasteiger partial charge in [-0.05, 0) is 96.5 Å². The Labute approximate surface area is 261 Å². The highest BCUT2D eigenvalue weighted by molar-refractivity contribution is 5.95. The zero-order valence-corrected chi connectivity index (χ0v) is 25.0. The molecular weight excluding hydrogens is 576 g/mol. The van der Waals surface area contributed by atoms with E-state index in [1.54, 1.807) is 24.3 Å². The Morgan fingerprint density at radius 2 is 1.27 bits per heavy atom. The predicted octanol–water partition coefficient (Wildman–Crippen LogP) is 6.22. The van der Waals surface area contributed by atoms with Gasteiger partial charge in [-0.3, -0.25) is 4.79 Å². The highest BCUT2D eigenvalue weighted by Gasteiger charge is 2.28. The molecule has 45 heavy (non-hydrogen) atoms. The number of carbonyl (C=O) groups is 4. The van der Waals surface area contributed by atoms with E-state index in [4.69, 9.17) is 24.1 Å². The molecule has 0 aliphatic heterocycles. The molecule has 1 fully saturated rings. The SMILES string of the molecule is C=C(CO)C(=O)Oc1ccc(C(=O)Oc2ccc3c(c2)C(C)c2cc(OC(=O)C(=C)CC(=O)OC4CCCCC4)ccc2-3)cc1. The summed E-state index contributed by atoms with van der Waals surface area (Å²) in [4.78, 5) is 49.6. The second kappa shape index (κ2) is 13.7. The molecule has 3 aromatic carbocycles. The lowest BCUT2D eigenvalue weighted by Crippen LogP contribution is -2.22. The van der Waals surface area contributed by atoms with Gasteiger partial charge in [-0.25, -0.2) is 14.4 Å². The van der Waals surface area contributed by atoms with Crippen molar-refractivity contribution in [3.63, 3.8) is 0 Å². The highest BCUT2D eigenvalue weighted by atomic mass is 16.6. The van der Waals surface area contributed by atoms with Crippen molar-refractivity contribution in [2.45, 2.75) is 57.5 Å². The summed E-state index contributed by atoms with van der Waals surface area (Å²) in [5.41, 5.74) is 4.03. The molecular formula is C36H34O9. The topological polar surface area (TPSA) is 125 Å². The van der Waals surface area contributed by atoms with Crippen LogP contribution in [0.2, 0.25) is 0 Å². The lowest BCUT2D eigenvalue weighted by atomic mass is 9.98. The number of carbonyl (C=O) groups excluding carboxylic acids is 4. The number of aliphatic hydroxyl groups excluding tert-OH is 1. The van der Waals surface area contributed by atoms with Crippen LogP contribution in [0, 0.1) is 0 Å². The Morgan fingerprint density at radius 1 is 0.733 bits per heavy atom. The van der Waals surface area contributed by atoms with Gasteiger partial charge in [0.2, 0.25) is 0 Å². The van der Waals surface area contributed by atoms with Crippen molar-refractivity contribution in [1.82, 2.24) is 0 Å². The Kier molecular flexibility index (Phi) is 9.59. The first kappa shape index (κ1) is 31.4. The molecule has 0 amide bonds. The van der Waals surface area contributed by atoms with Gasteiger partial charge in [0.05, 0.1) is 24.2 Å². The van der Waals surface area contributed by atoms with Crippen molar-refractivity contribution in [3.05, 3.63) is 102 Å². The van der Waals surface area contributed by atoms with Crippen LogP contribution in [0.25, 0.3) is 11.1 Å². The van der Waals surface area contributed by atoms with Crippen LogP contribution in [0.1, 0.15) is 72.9 Å². The molecule has 0 heterocycles. The van der Waals surface area contributed by atoms with Crippen LogP contribution in [0.15, 0.2) is 85.0 Å². The van der Waals surface area contributed by atoms with Gasteiger partial charge in [0.25, 0.3) is 0 Å². The van der Waals surface area contributed by atoms with Crippen molar-refractivity contribution in [2.75, 3.05) is 6.61 Å². The van der Waals surface area contributed by atoms with Gasteiger partial charge < -0.3 is 24.1 Å². The molecule has 0 bridgehead atoms. The first-order valence-electron chi connectivity index (χ1n) is 14.8. The Hall–Kier alpha value is -5.02. The van der Waals surface area contributed by atoms with E-state index in [1.807, 2.05) is 19.1 Å². The third kappa shape index (κ3) is 7.38. The van der Waals surface area contributed by atoms with Gasteiger partial charge in [-0.15, -0.1) is 0 Å². The minimum atomic E-state index is -0.761. The van der Waals surface area contributed by atoms with Crippen LogP contribution in [0.5, 0.6) is 17.2 Å². The van der Waals surface area contributed by atoms with Crippen molar-refractivity contribution >= 4 is 23.9 Å². The Bertz CT molecular complexity index is 1660. The monoisotopic (exact) mass is 610 g/mol. The minimum Gasteiger partial charge on any atom is -0.462 e. The minimum absolute atomic E-state index is 0.0300. The second-order valence-electron chi connectivity index (χ2n) is 11.2. The summed E-state index contributed by atoms with van der Waals surface area (Å²) >= 11 is 0. The van der Waals surface area contributed by atoms with E-state index in [1.165, 1.54) is 24.3 Å². The highest BCUT2D eigenvalue weighted by Crippen LogP contribution is 2.47. The van der Waals surface area contributed by atoms with Gasteiger partial charge in [-0.2, -0.15) is 0 Å². The summed E-state index contributed by atoms with van der Waals surface area (Å²) in [7, 11) is 0. The lowest BCUT2D eigenvalue weighted by molar-refractivity contribution is -0.150. The fraction of sp³-hybridized carbons (Fsp3) is 0.278. The third-order valence-corrected chi connectivity index (χ3v) is 7.97. The van der Waals surface area contributed by atoms with Gasteiger partial charge >= 0.3 is 23.9 Å². The second-order valence-corrected chi connectivity index (χ2v) is 11.2. The van der Waals surface area contributed by atoms with E-state index in [0.29, 0.717) is 11.5 Å². The molecule has 1 N–H and O–H groups in total. The maximum atomic E-state index is 12.8. The number of hydrogen-bond acceptors (Lipinski definition) is 9. The van der Waals surface area contributed by atoms with Crippen LogP contribution in [0.3, 0.4) is 0 Å². The molecule has 1 unspecified atom stereocenters. The van der Waals surface area contributed by atoms with E-state index in [0.717, 1.165) is 54.4 Å². The number of esters is 4. The van der Waals surface area contributed by atoms with Crippen molar-refractivity contribution in [3.8, 4) is 28.4 Å². The number of hydrogen-bond donors (Lipinski definition) is 1. The van der Waals surface area contributed by atoms with Gasteiger partial charge in [0.15, 0.2) is 0 Å². The quantitative estimate of drug-likeness (QED) is 0.162. The van der Waals surface area contributed by atoms with Gasteiger partial charge in [0.1, 0.15) is 23.4 Å². The number of benzene rings is 3. The molecule has 0 aromatic heterocycles. The van der Waals surface area contributed by atoms with Crippen LogP contribution in [0.4, 0.5) is 0 Å². The van der Waals surface area contributed by atoms with Crippen molar-refractivity contribution in [1.29, 1.82) is 0 Å². The van der Waals surface area contributed by atoms with Gasteiger partial charge in [0, 0.05) is 11.5 Å². The van der Waals surface area contributed by atoms with Gasteiger partial charge in [-0.1, -0.05) is 38.6 Å². The third-order valence-electron chi connectivity index (χ3n) is 7.97. The first-order chi connectivity index (χ1) is 21.6. The number of ether oxygens (including phenoxy) is 4. The average molecular weight is 611 g/mol. The van der Waals surface area contributed by atoms with Crippen LogP contribution in [-0.4, -0.2) is 41.7 Å². The number of rotatable bonds is 10. The molecule has 2 aliphatic carbocycles. The molecule has 232 valence electrons. The first-order valence-corrected chi connectivity index (χ1v) is 14.8. The summed E-state index contributed by atoms with van der Waals surface area (Å²) < 4.78 is 21.8. The fourth-order valence-corrected chi connectivity index (χ4v) is 5.49. The summed E-state index contributed by atoms with van der Waals surface area (Å²) in [6, 6.07) is 16.6. The summed E-state index contributed by atoms with van der Waals surface area (Å²) in [5, 5.41) is 9.00. The molecule has 3 aromatic rings. The largest absolute Gasteiger partial charge is 0.462 e. The zero-order chi connectivity index (χ0) is 32.1. The average Bonchev–Trinajstić information content (AvgIpc) is 3.31. The molecule has 9 heteroatoms. The zero-order valence-electron chi connectivity index (χ0n) is 25.0. The molecule has 5 rings (SSSR count). The Balaban J connectivity index is 1.19. The molecule has 0 radical (unpaired) electrons. The van der Waals surface area contributed by atoms with Crippen LogP contribution in [-0.2, 0) is 19.1 Å². The molecule has 1 saturated carbocycles. The standard InChI is InChI=1S/C36H34O9/c1-21(17-33(38)42-25-7-5-4-6-8-25)34(39)44-27-13-15-29-30-16-14-28(19-32(30)23(3)31(29)18-27)45-36(41)24-9-11-26(12-10-24)43-35(40)22(2)20-37/h9-16,18-19,23,25,37H,1-2,4-8,17,20H2,3H3. The lowest BCUT2D eigenvalue weighted by Gasteiger charge is -2.21. The number of fused-ring (bicyclic) bond motifs is 3. The maximum Gasteiger partial charge on any atom is 0.343 e. The van der Waals surface area contributed by atoms with E-state index in [2.05, 4.69) is 13.2 Å². The molecule has 1 atom stereocenters. The normalized spacial score (nSPS) is 15.3. The fourth-order valence-electron chi connectivity index (χ4n) is 5.49. The Morgan fingerprint density at radius 3 is 1.87 bits per heavy atom. The maximum absolute atomic E-state index is 12.8. The molecule has 0 spiro atoms. The van der Waals surface area contributed by atoms with E-state index < -0.39 is 30.5 Å². The summed E-state index contributed by atoms with van der Waals surface area (Å²) in [6.07, 6.45) is 4.60. The summed E-state index contributed by atoms with van der Waals surface area (Å²) in [5.74, 6) is -1.70. The number of aliphatic hydroxyl groups is 1. The van der Waals surface area contributed by atoms with Crippen LogP contribution >= 0.6 is 0 Å². The van der Waals surface area contributed by atoms with E-state index in [9.17, 15) is 19.2 Å². The molecule has 0 saturated heterocycles. The van der Waals surface area contributed by atoms with Crippen molar-refractivity contribution in [2.24, 2.45) is 0 Å².